The molecular weight excluding hydrogens is 430 g/mol. The van der Waals surface area contributed by atoms with Crippen LogP contribution in [0.3, 0.4) is 0 Å². The van der Waals surface area contributed by atoms with Gasteiger partial charge >= 0.3 is 6.03 Å². The van der Waals surface area contributed by atoms with Gasteiger partial charge in [0.25, 0.3) is 11.8 Å². The van der Waals surface area contributed by atoms with E-state index in [1.807, 2.05) is 0 Å². The number of carbonyl (C=O) groups is 5. The number of nitrogens with zero attached hydrogens (tertiary/aromatic N) is 2. The van der Waals surface area contributed by atoms with Crippen LogP contribution in [0.25, 0.3) is 0 Å². The monoisotopic (exact) mass is 451 g/mol. The molecule has 2 aliphatic rings. The molecule has 0 atom stereocenters. The molecule has 3 heterocycles. The van der Waals surface area contributed by atoms with E-state index in [0.29, 0.717) is 18.7 Å². The molecule has 2 fully saturated rings. The van der Waals surface area contributed by atoms with Gasteiger partial charge in [0.05, 0.1) is 11.9 Å². The van der Waals surface area contributed by atoms with Crippen LogP contribution in [0.4, 0.5) is 10.5 Å². The molecule has 0 radical (unpaired) electrons. The van der Waals surface area contributed by atoms with Crippen LogP contribution in [0.5, 0.6) is 11.6 Å². The first-order valence-corrected chi connectivity index (χ1v) is 10.3. The number of piperidine rings is 1. The van der Waals surface area contributed by atoms with Gasteiger partial charge in [-0.25, -0.2) is 9.78 Å². The maximum atomic E-state index is 12.7. The molecule has 33 heavy (non-hydrogen) atoms. The van der Waals surface area contributed by atoms with E-state index >= 15 is 0 Å². The largest absolute Gasteiger partial charge is 0.439 e. The van der Waals surface area contributed by atoms with Crippen LogP contribution in [-0.4, -0.2) is 40.2 Å². The molecule has 0 aliphatic carbocycles. The summed E-state index contributed by atoms with van der Waals surface area (Å²) in [6, 6.07) is 9.18. The SMILES string of the molecule is CC(=O)NCc1ccc(Oc2ccc(N3C(=O)CCCC34C(=O)NC(=O)NC4=O)cn2)cc1. The highest BCUT2D eigenvalue weighted by atomic mass is 16.5. The lowest BCUT2D eigenvalue weighted by molar-refractivity contribution is -0.143. The van der Waals surface area contributed by atoms with Crippen molar-refractivity contribution in [3.05, 3.63) is 48.2 Å². The molecule has 3 N–H and O–H groups in total. The van der Waals surface area contributed by atoms with Gasteiger partial charge in [0.1, 0.15) is 5.75 Å². The highest BCUT2D eigenvalue weighted by molar-refractivity contribution is 6.27. The van der Waals surface area contributed by atoms with Crippen molar-refractivity contribution in [2.75, 3.05) is 4.90 Å². The minimum absolute atomic E-state index is 0.0762. The van der Waals surface area contributed by atoms with Gasteiger partial charge in [-0.3, -0.25) is 34.7 Å². The van der Waals surface area contributed by atoms with E-state index in [1.165, 1.54) is 25.3 Å². The lowest BCUT2D eigenvalue weighted by Crippen LogP contribution is -2.75. The number of rotatable bonds is 5. The maximum Gasteiger partial charge on any atom is 0.328 e. The second kappa shape index (κ2) is 8.69. The predicted octanol–water partition coefficient (Wildman–Crippen LogP) is 1.13. The number of nitrogens with one attached hydrogen (secondary N) is 3. The van der Waals surface area contributed by atoms with Gasteiger partial charge in [-0.1, -0.05) is 12.1 Å². The number of benzene rings is 1. The smallest absolute Gasteiger partial charge is 0.328 e. The molecule has 0 saturated carbocycles. The van der Waals surface area contributed by atoms with Crippen LogP contribution in [0, 0.1) is 0 Å². The summed E-state index contributed by atoms with van der Waals surface area (Å²) in [6.45, 7) is 1.85. The van der Waals surface area contributed by atoms with Crippen LogP contribution >= 0.6 is 0 Å². The van der Waals surface area contributed by atoms with Crippen molar-refractivity contribution in [2.24, 2.45) is 0 Å². The number of carbonyl (C=O) groups excluding carboxylic acids is 5. The van der Waals surface area contributed by atoms with Crippen LogP contribution in [0.2, 0.25) is 0 Å². The zero-order chi connectivity index (χ0) is 23.6. The van der Waals surface area contributed by atoms with E-state index in [0.717, 1.165) is 10.5 Å². The molecule has 2 saturated heterocycles. The Hall–Kier alpha value is -4.28. The molecule has 1 aromatic heterocycles. The number of pyridine rings is 1. The number of barbiturate groups is 1. The minimum atomic E-state index is -1.85. The van der Waals surface area contributed by atoms with Crippen molar-refractivity contribution in [3.63, 3.8) is 0 Å². The van der Waals surface area contributed by atoms with Gasteiger partial charge in [0, 0.05) is 26.0 Å². The van der Waals surface area contributed by atoms with Gasteiger partial charge in [0.2, 0.25) is 23.2 Å². The number of anilines is 1. The number of hydrogen-bond acceptors (Lipinski definition) is 7. The topological polar surface area (TPSA) is 147 Å². The second-order valence-electron chi connectivity index (χ2n) is 7.69. The number of aromatic nitrogens is 1. The highest BCUT2D eigenvalue weighted by Gasteiger charge is 2.58. The minimum Gasteiger partial charge on any atom is -0.439 e. The second-order valence-corrected chi connectivity index (χ2v) is 7.69. The van der Waals surface area contributed by atoms with Crippen molar-refractivity contribution in [2.45, 2.75) is 38.3 Å². The average Bonchev–Trinajstić information content (AvgIpc) is 2.78. The Labute approximate surface area is 188 Å². The first kappa shape index (κ1) is 21.9. The van der Waals surface area contributed by atoms with E-state index in [4.69, 9.17) is 4.74 Å². The van der Waals surface area contributed by atoms with E-state index in [2.05, 4.69) is 20.9 Å². The number of ether oxygens (including phenoxy) is 1. The Morgan fingerprint density at radius 2 is 1.79 bits per heavy atom. The van der Waals surface area contributed by atoms with E-state index in [1.54, 1.807) is 24.3 Å². The number of amides is 6. The summed E-state index contributed by atoms with van der Waals surface area (Å²) in [7, 11) is 0. The van der Waals surface area contributed by atoms with Crippen LogP contribution < -0.4 is 25.6 Å². The standard InChI is InChI=1S/C22H21N5O6/c1-13(28)23-11-14-4-7-16(8-5-14)33-17-9-6-15(12-24-17)27-18(29)3-2-10-22(27)19(30)25-21(32)26-20(22)31/h4-9,12H,2-3,10-11H2,1H3,(H,23,28)(H2,25,26,30,31,32). The normalized spacial score (nSPS) is 17.4. The van der Waals surface area contributed by atoms with Gasteiger partial charge < -0.3 is 10.1 Å². The molecule has 1 aromatic carbocycles. The van der Waals surface area contributed by atoms with E-state index < -0.39 is 29.3 Å². The molecule has 170 valence electrons. The molecule has 0 bridgehead atoms. The summed E-state index contributed by atoms with van der Waals surface area (Å²) in [6.07, 6.45) is 1.89. The van der Waals surface area contributed by atoms with Crippen molar-refractivity contribution in [1.82, 2.24) is 20.9 Å². The van der Waals surface area contributed by atoms with Crippen LogP contribution in [-0.2, 0) is 25.7 Å². The van der Waals surface area contributed by atoms with Crippen LogP contribution in [0.1, 0.15) is 31.7 Å². The first-order valence-electron chi connectivity index (χ1n) is 10.3. The van der Waals surface area contributed by atoms with Crippen molar-refractivity contribution in [3.8, 4) is 11.6 Å². The summed E-state index contributed by atoms with van der Waals surface area (Å²) in [4.78, 5) is 65.9. The van der Waals surface area contributed by atoms with Crippen molar-refractivity contribution >= 4 is 35.3 Å². The summed E-state index contributed by atoms with van der Waals surface area (Å²) >= 11 is 0. The van der Waals surface area contributed by atoms with Crippen LogP contribution in [0.15, 0.2) is 42.6 Å². The molecule has 6 amide bonds. The Morgan fingerprint density at radius 3 is 2.39 bits per heavy atom. The molecule has 1 spiro atoms. The first-order chi connectivity index (χ1) is 15.8. The van der Waals surface area contributed by atoms with Gasteiger partial charge in [-0.05, 0) is 36.6 Å². The van der Waals surface area contributed by atoms with E-state index in [-0.39, 0.29) is 30.3 Å². The van der Waals surface area contributed by atoms with Gasteiger partial charge in [-0.15, -0.1) is 0 Å². The molecule has 11 nitrogen and oxygen atoms in total. The third-order valence-corrected chi connectivity index (χ3v) is 5.43. The average molecular weight is 451 g/mol. The summed E-state index contributed by atoms with van der Waals surface area (Å²) in [5.41, 5.74) is -0.716. The molecule has 0 unspecified atom stereocenters. The molecular formula is C22H21N5O6. The Balaban J connectivity index is 1.53. The zero-order valence-electron chi connectivity index (χ0n) is 17.7. The molecule has 2 aliphatic heterocycles. The Kier molecular flexibility index (Phi) is 5.78. The summed E-state index contributed by atoms with van der Waals surface area (Å²) in [5, 5.41) is 6.87. The highest BCUT2D eigenvalue weighted by Crippen LogP contribution is 2.36. The molecule has 11 heteroatoms. The third kappa shape index (κ3) is 4.25. The third-order valence-electron chi connectivity index (χ3n) is 5.43. The molecule has 2 aromatic rings. The molecule has 4 rings (SSSR count). The van der Waals surface area contributed by atoms with E-state index in [9.17, 15) is 24.0 Å². The zero-order valence-corrected chi connectivity index (χ0v) is 17.7. The van der Waals surface area contributed by atoms with Crippen molar-refractivity contribution in [1.29, 1.82) is 0 Å². The fourth-order valence-corrected chi connectivity index (χ4v) is 3.86. The number of urea groups is 1. The summed E-state index contributed by atoms with van der Waals surface area (Å²) < 4.78 is 5.72. The predicted molar refractivity (Wildman–Crippen MR) is 114 cm³/mol. The lowest BCUT2D eigenvalue weighted by Gasteiger charge is -2.45. The quantitative estimate of drug-likeness (QED) is 0.578. The van der Waals surface area contributed by atoms with Gasteiger partial charge in [0.15, 0.2) is 0 Å². The maximum absolute atomic E-state index is 12.7. The Morgan fingerprint density at radius 1 is 1.09 bits per heavy atom. The fourth-order valence-electron chi connectivity index (χ4n) is 3.86. The fraction of sp³-hybridized carbons (Fsp3) is 0.273. The summed E-state index contributed by atoms with van der Waals surface area (Å²) in [5.74, 6) is -1.49. The Bertz CT molecular complexity index is 1110. The number of hydrogen-bond donors (Lipinski definition) is 3. The number of imide groups is 2. The van der Waals surface area contributed by atoms with Gasteiger partial charge in [-0.2, -0.15) is 0 Å². The lowest BCUT2D eigenvalue weighted by atomic mass is 9.82. The van der Waals surface area contributed by atoms with Crippen molar-refractivity contribution < 1.29 is 28.7 Å².